The van der Waals surface area contributed by atoms with Gasteiger partial charge in [0.15, 0.2) is 0 Å². The number of rotatable bonds is 5. The van der Waals surface area contributed by atoms with Crippen molar-refractivity contribution in [1.29, 1.82) is 0 Å². The lowest BCUT2D eigenvalue weighted by atomic mass is 10.2. The number of allylic oxidation sites excluding steroid dienone is 2. The molecule has 0 unspecified atom stereocenters. The molecule has 3 heterocycles. The lowest BCUT2D eigenvalue weighted by Crippen LogP contribution is -2.47. The van der Waals surface area contributed by atoms with Crippen LogP contribution < -0.4 is 10.3 Å². The molecule has 4 rings (SSSR count). The third-order valence-electron chi connectivity index (χ3n) is 5.10. The maximum atomic E-state index is 12.0. The molecule has 6 nitrogen and oxygen atoms in total. The molecule has 2 saturated heterocycles. The van der Waals surface area contributed by atoms with E-state index in [1.165, 1.54) is 5.69 Å². The summed E-state index contributed by atoms with van der Waals surface area (Å²) in [5, 5.41) is 2.76. The Balaban J connectivity index is 0.00000210. The molecule has 0 radical (unpaired) electrons. The highest BCUT2D eigenvalue weighted by Gasteiger charge is 2.31. The number of anilines is 1. The second-order valence-corrected chi connectivity index (χ2v) is 7.23. The van der Waals surface area contributed by atoms with Crippen LogP contribution in [-0.4, -0.2) is 66.7 Å². The maximum absolute atomic E-state index is 12.0. The van der Waals surface area contributed by atoms with E-state index in [0.717, 1.165) is 56.5 Å². The van der Waals surface area contributed by atoms with E-state index in [-0.39, 0.29) is 18.4 Å². The number of carbonyl (C=O) groups is 1. The summed E-state index contributed by atoms with van der Waals surface area (Å²) in [7, 11) is 0. The number of nitrogens with zero attached hydrogens (tertiary/aromatic N) is 4. The Kier molecular flexibility index (Phi) is 6.52. The van der Waals surface area contributed by atoms with Gasteiger partial charge in [0.1, 0.15) is 5.82 Å². The van der Waals surface area contributed by atoms with Crippen LogP contribution in [0.3, 0.4) is 0 Å². The van der Waals surface area contributed by atoms with Gasteiger partial charge < -0.3 is 4.90 Å². The first kappa shape index (κ1) is 19.9. The van der Waals surface area contributed by atoms with Gasteiger partial charge in [-0.1, -0.05) is 29.8 Å². The van der Waals surface area contributed by atoms with Crippen LogP contribution in [0.2, 0.25) is 5.02 Å². The van der Waals surface area contributed by atoms with Gasteiger partial charge in [-0.3, -0.25) is 14.8 Å². The molecule has 0 aliphatic carbocycles. The number of amides is 2. The van der Waals surface area contributed by atoms with Crippen LogP contribution in [0.4, 0.5) is 10.5 Å². The first-order chi connectivity index (χ1) is 12.7. The molecule has 0 aromatic heterocycles. The maximum Gasteiger partial charge on any atom is 0.342 e. The summed E-state index contributed by atoms with van der Waals surface area (Å²) in [5.74, 6) is 0.961. The van der Waals surface area contributed by atoms with Crippen molar-refractivity contribution in [3.63, 3.8) is 0 Å². The summed E-state index contributed by atoms with van der Waals surface area (Å²) in [6.07, 6.45) is 7.01. The zero-order valence-corrected chi connectivity index (χ0v) is 16.8. The average molecular weight is 410 g/mol. The van der Waals surface area contributed by atoms with Gasteiger partial charge in [0.05, 0.1) is 0 Å². The number of hydrogen-bond donors (Lipinski definition) is 1. The lowest BCUT2D eigenvalue weighted by molar-refractivity contribution is 0.214. The summed E-state index contributed by atoms with van der Waals surface area (Å²) < 4.78 is 0. The van der Waals surface area contributed by atoms with E-state index in [0.29, 0.717) is 6.54 Å². The number of benzene rings is 1. The summed E-state index contributed by atoms with van der Waals surface area (Å²) in [6.45, 7) is 6.66. The standard InChI is InChI=1S/C19H24ClN5O.ClH/c20-16-5-3-6-17(15-16)23-13-11-22(12-14-23)8-4-10-25-18-7-1-2-9-24(18)19(26)21-25;/h1-3,5-7,15H,4,8-14H2,(H,21,26);1H. The molecule has 146 valence electrons. The number of hydrogen-bond acceptors (Lipinski definition) is 4. The number of hydrazine groups is 1. The van der Waals surface area contributed by atoms with Gasteiger partial charge in [-0.15, -0.1) is 12.4 Å². The fourth-order valence-corrected chi connectivity index (χ4v) is 3.87. The molecular weight excluding hydrogens is 385 g/mol. The summed E-state index contributed by atoms with van der Waals surface area (Å²) >= 11 is 6.10. The highest BCUT2D eigenvalue weighted by molar-refractivity contribution is 6.30. The third-order valence-corrected chi connectivity index (χ3v) is 5.34. The average Bonchev–Trinajstić information content (AvgIpc) is 2.99. The molecule has 0 bridgehead atoms. The molecule has 2 amide bonds. The minimum atomic E-state index is -0.0317. The molecule has 1 N–H and O–H groups in total. The van der Waals surface area contributed by atoms with Crippen molar-refractivity contribution in [3.8, 4) is 0 Å². The monoisotopic (exact) mass is 409 g/mol. The van der Waals surface area contributed by atoms with Gasteiger partial charge >= 0.3 is 6.03 Å². The fourth-order valence-electron chi connectivity index (χ4n) is 3.68. The number of nitrogens with one attached hydrogen (secondary N) is 1. The molecule has 27 heavy (non-hydrogen) atoms. The molecule has 0 atom stereocenters. The highest BCUT2D eigenvalue weighted by atomic mass is 35.5. The van der Waals surface area contributed by atoms with Gasteiger partial charge in [0, 0.05) is 56.5 Å². The molecule has 3 aliphatic rings. The number of carbonyl (C=O) groups excluding carboxylic acids is 1. The Bertz CT molecular complexity index is 731. The van der Waals surface area contributed by atoms with Crippen molar-refractivity contribution in [2.45, 2.75) is 6.42 Å². The molecule has 1 aromatic carbocycles. The Hall–Kier alpha value is -1.89. The van der Waals surface area contributed by atoms with Crippen LogP contribution >= 0.6 is 24.0 Å². The summed E-state index contributed by atoms with van der Waals surface area (Å²) in [6, 6.07) is 8.04. The van der Waals surface area contributed by atoms with Crippen molar-refractivity contribution in [2.75, 3.05) is 50.7 Å². The molecule has 8 heteroatoms. The van der Waals surface area contributed by atoms with Crippen LogP contribution in [0.1, 0.15) is 6.42 Å². The minimum Gasteiger partial charge on any atom is -0.369 e. The quantitative estimate of drug-likeness (QED) is 0.811. The largest absolute Gasteiger partial charge is 0.369 e. The lowest BCUT2D eigenvalue weighted by Gasteiger charge is -2.36. The minimum absolute atomic E-state index is 0. The Labute approximate surface area is 171 Å². The third kappa shape index (κ3) is 4.51. The van der Waals surface area contributed by atoms with E-state index in [9.17, 15) is 4.79 Å². The Morgan fingerprint density at radius 3 is 2.70 bits per heavy atom. The first-order valence-electron chi connectivity index (χ1n) is 9.16. The molecular formula is C19H25Cl2N5O. The Morgan fingerprint density at radius 2 is 1.93 bits per heavy atom. The zero-order valence-electron chi connectivity index (χ0n) is 15.2. The molecule has 3 aliphatic heterocycles. The number of urea groups is 1. The zero-order chi connectivity index (χ0) is 17.9. The van der Waals surface area contributed by atoms with Crippen molar-refractivity contribution in [2.24, 2.45) is 0 Å². The molecule has 2 fully saturated rings. The SMILES string of the molecule is Cl.O=C1NN(CCCN2CCN(c3cccc(Cl)c3)CC2)C2=CC=CCN12. The smallest absolute Gasteiger partial charge is 0.342 e. The van der Waals surface area contributed by atoms with Crippen molar-refractivity contribution in [3.05, 3.63) is 53.3 Å². The van der Waals surface area contributed by atoms with Gasteiger partial charge in [0.25, 0.3) is 0 Å². The van der Waals surface area contributed by atoms with Crippen LogP contribution in [-0.2, 0) is 0 Å². The van der Waals surface area contributed by atoms with Crippen molar-refractivity contribution < 1.29 is 4.79 Å². The van der Waals surface area contributed by atoms with Gasteiger partial charge in [0.2, 0.25) is 0 Å². The van der Waals surface area contributed by atoms with Crippen LogP contribution in [0.15, 0.2) is 48.3 Å². The Morgan fingerprint density at radius 1 is 1.11 bits per heavy atom. The topological polar surface area (TPSA) is 42.1 Å². The number of fused-ring (bicyclic) bond motifs is 1. The summed E-state index contributed by atoms with van der Waals surface area (Å²) in [5.41, 5.74) is 4.14. The van der Waals surface area contributed by atoms with E-state index < -0.39 is 0 Å². The van der Waals surface area contributed by atoms with Gasteiger partial charge in [-0.05, 0) is 30.7 Å². The van der Waals surface area contributed by atoms with E-state index in [2.05, 4.69) is 21.3 Å². The van der Waals surface area contributed by atoms with E-state index in [1.807, 2.05) is 41.4 Å². The van der Waals surface area contributed by atoms with Gasteiger partial charge in [-0.2, -0.15) is 0 Å². The van der Waals surface area contributed by atoms with Crippen LogP contribution in [0, 0.1) is 0 Å². The first-order valence-corrected chi connectivity index (χ1v) is 9.54. The predicted molar refractivity (Wildman–Crippen MR) is 111 cm³/mol. The number of halogens is 2. The number of piperazine rings is 1. The second kappa shape index (κ2) is 8.87. The predicted octanol–water partition coefficient (Wildman–Crippen LogP) is 2.93. The van der Waals surface area contributed by atoms with Gasteiger partial charge in [-0.25, -0.2) is 10.2 Å². The van der Waals surface area contributed by atoms with Crippen molar-refractivity contribution in [1.82, 2.24) is 20.2 Å². The normalized spacial score (nSPS) is 19.5. The summed E-state index contributed by atoms with van der Waals surface area (Å²) in [4.78, 5) is 18.6. The van der Waals surface area contributed by atoms with Crippen LogP contribution in [0.25, 0.3) is 0 Å². The van der Waals surface area contributed by atoms with E-state index in [1.54, 1.807) is 4.90 Å². The molecule has 1 aromatic rings. The van der Waals surface area contributed by atoms with E-state index >= 15 is 0 Å². The van der Waals surface area contributed by atoms with Crippen LogP contribution in [0.5, 0.6) is 0 Å². The molecule has 0 spiro atoms. The van der Waals surface area contributed by atoms with E-state index in [4.69, 9.17) is 11.6 Å². The molecule has 0 saturated carbocycles. The van der Waals surface area contributed by atoms with Crippen molar-refractivity contribution >= 4 is 35.7 Å². The highest BCUT2D eigenvalue weighted by Crippen LogP contribution is 2.22. The fraction of sp³-hybridized carbons (Fsp3) is 0.421. The second-order valence-electron chi connectivity index (χ2n) is 6.79.